The zero-order chi connectivity index (χ0) is 27.1. The molecule has 6 rings (SSSR count). The number of aromatic nitrogens is 5. The van der Waals surface area contributed by atoms with E-state index in [0.717, 1.165) is 56.9 Å². The first kappa shape index (κ1) is 25.4. The Morgan fingerprint density at radius 3 is 2.54 bits per heavy atom. The molecule has 5 aromatic rings. The van der Waals surface area contributed by atoms with Crippen LogP contribution in [0.4, 0.5) is 5.69 Å². The monoisotopic (exact) mass is 522 g/mol. The van der Waals surface area contributed by atoms with Gasteiger partial charge in [-0.1, -0.05) is 19.9 Å². The van der Waals surface area contributed by atoms with E-state index >= 15 is 0 Å². The van der Waals surface area contributed by atoms with Crippen LogP contribution >= 0.6 is 0 Å². The largest absolute Gasteiger partial charge is 0.493 e. The lowest BCUT2D eigenvalue weighted by Crippen LogP contribution is -2.43. The predicted molar refractivity (Wildman–Crippen MR) is 159 cm³/mol. The first-order valence-electron chi connectivity index (χ1n) is 14.3. The Hall–Kier alpha value is -3.87. The molecule has 3 heterocycles. The highest BCUT2D eigenvalue weighted by Crippen LogP contribution is 2.41. The number of piperidine rings is 1. The van der Waals surface area contributed by atoms with Crippen molar-refractivity contribution in [3.8, 4) is 28.4 Å². The van der Waals surface area contributed by atoms with E-state index < -0.39 is 0 Å². The van der Waals surface area contributed by atoms with Crippen molar-refractivity contribution >= 4 is 27.4 Å². The molecule has 1 saturated heterocycles. The number of hydrogen-bond donors (Lipinski definition) is 2. The second kappa shape index (κ2) is 10.4. The van der Waals surface area contributed by atoms with Gasteiger partial charge in [0, 0.05) is 46.1 Å². The molecule has 0 saturated carbocycles. The van der Waals surface area contributed by atoms with Gasteiger partial charge < -0.3 is 9.64 Å². The lowest BCUT2D eigenvalue weighted by atomic mass is 9.95. The maximum atomic E-state index is 6.31. The molecule has 0 aliphatic carbocycles. The Balaban J connectivity index is 1.42. The van der Waals surface area contributed by atoms with Crippen LogP contribution in [0.1, 0.15) is 59.7 Å². The third-order valence-corrected chi connectivity index (χ3v) is 7.95. The Morgan fingerprint density at radius 1 is 0.949 bits per heavy atom. The van der Waals surface area contributed by atoms with Crippen molar-refractivity contribution in [2.45, 2.75) is 72.4 Å². The molecule has 0 bridgehead atoms. The summed E-state index contributed by atoms with van der Waals surface area (Å²) in [6.45, 7) is 11.7. The van der Waals surface area contributed by atoms with Gasteiger partial charge in [0.25, 0.3) is 0 Å². The van der Waals surface area contributed by atoms with E-state index in [4.69, 9.17) is 14.8 Å². The van der Waals surface area contributed by atoms with Gasteiger partial charge in [0.1, 0.15) is 11.4 Å². The summed E-state index contributed by atoms with van der Waals surface area (Å²) in [5.41, 5.74) is 5.11. The molecule has 1 fully saturated rings. The number of rotatable bonds is 7. The standard InChI is InChI=1S/C32H38N6O/c1-6-39-31-25-14-12-24(38-20(4)8-7-9-21(38)5)17-22(25)10-13-26(31)30-27-18-23(11-15-28(27)34-36-30)32-33-29(35-37-32)16-19(2)3/h10-15,17-21H,6-9,16H2,1-5H3,(H,34,36)(H,33,35,37). The number of nitrogens with one attached hydrogen (secondary N) is 2. The highest BCUT2D eigenvalue weighted by molar-refractivity contribution is 6.02. The summed E-state index contributed by atoms with van der Waals surface area (Å²) in [5, 5.41) is 18.8. The van der Waals surface area contributed by atoms with Gasteiger partial charge in [0.05, 0.1) is 12.1 Å². The lowest BCUT2D eigenvalue weighted by Gasteiger charge is -2.41. The summed E-state index contributed by atoms with van der Waals surface area (Å²) < 4.78 is 6.31. The molecular formula is C32H38N6O. The number of H-pyrrole nitrogens is 2. The van der Waals surface area contributed by atoms with Gasteiger partial charge in [-0.25, -0.2) is 4.98 Å². The molecule has 2 N–H and O–H groups in total. The summed E-state index contributed by atoms with van der Waals surface area (Å²) >= 11 is 0. The third-order valence-electron chi connectivity index (χ3n) is 7.95. The summed E-state index contributed by atoms with van der Waals surface area (Å²) in [5.74, 6) is 2.99. The van der Waals surface area contributed by atoms with E-state index in [0.29, 0.717) is 24.6 Å². The summed E-state index contributed by atoms with van der Waals surface area (Å²) in [6.07, 6.45) is 4.64. The summed E-state index contributed by atoms with van der Waals surface area (Å²) in [6, 6.07) is 18.5. The Kier molecular flexibility index (Phi) is 6.75. The first-order valence-corrected chi connectivity index (χ1v) is 14.3. The van der Waals surface area contributed by atoms with Crippen molar-refractivity contribution in [3.05, 3.63) is 54.4 Å². The maximum Gasteiger partial charge on any atom is 0.155 e. The minimum Gasteiger partial charge on any atom is -0.493 e. The molecule has 2 unspecified atom stereocenters. The molecule has 1 aliphatic heterocycles. The summed E-state index contributed by atoms with van der Waals surface area (Å²) in [4.78, 5) is 7.31. The molecular weight excluding hydrogens is 484 g/mol. The van der Waals surface area contributed by atoms with Gasteiger partial charge in [-0.3, -0.25) is 10.2 Å². The fourth-order valence-corrected chi connectivity index (χ4v) is 6.11. The van der Waals surface area contributed by atoms with E-state index in [2.05, 4.69) is 96.4 Å². The van der Waals surface area contributed by atoms with E-state index in [1.807, 2.05) is 6.92 Å². The molecule has 2 aromatic heterocycles. The molecule has 7 nitrogen and oxygen atoms in total. The number of ether oxygens (including phenoxy) is 1. The number of benzene rings is 3. The fraction of sp³-hybridized carbons (Fsp3) is 0.406. The minimum absolute atomic E-state index is 0.504. The van der Waals surface area contributed by atoms with Gasteiger partial charge in [-0.15, -0.1) is 0 Å². The number of anilines is 1. The molecule has 7 heteroatoms. The average molecular weight is 523 g/mol. The van der Waals surface area contributed by atoms with Crippen LogP contribution in [0.15, 0.2) is 48.5 Å². The molecule has 2 atom stereocenters. The van der Waals surface area contributed by atoms with Crippen LogP contribution in [-0.2, 0) is 6.42 Å². The second-order valence-electron chi connectivity index (χ2n) is 11.3. The summed E-state index contributed by atoms with van der Waals surface area (Å²) in [7, 11) is 0. The molecule has 1 aliphatic rings. The number of nitrogens with zero attached hydrogens (tertiary/aromatic N) is 4. The zero-order valence-electron chi connectivity index (χ0n) is 23.6. The van der Waals surface area contributed by atoms with Crippen molar-refractivity contribution < 1.29 is 4.74 Å². The Labute approximate surface area is 230 Å². The number of aromatic amines is 2. The number of hydrogen-bond acceptors (Lipinski definition) is 5. The second-order valence-corrected chi connectivity index (χ2v) is 11.3. The Bertz CT molecular complexity index is 1610. The topological polar surface area (TPSA) is 82.7 Å². The number of fused-ring (bicyclic) bond motifs is 2. The molecule has 202 valence electrons. The van der Waals surface area contributed by atoms with Crippen LogP contribution in [0.3, 0.4) is 0 Å². The lowest BCUT2D eigenvalue weighted by molar-refractivity contribution is 0.345. The van der Waals surface area contributed by atoms with Crippen molar-refractivity contribution in [2.75, 3.05) is 11.5 Å². The van der Waals surface area contributed by atoms with Crippen LogP contribution in [0.2, 0.25) is 0 Å². The van der Waals surface area contributed by atoms with Crippen LogP contribution in [-0.4, -0.2) is 44.1 Å². The molecule has 39 heavy (non-hydrogen) atoms. The van der Waals surface area contributed by atoms with Crippen LogP contribution < -0.4 is 9.64 Å². The molecule has 0 amide bonds. The van der Waals surface area contributed by atoms with Crippen molar-refractivity contribution in [2.24, 2.45) is 5.92 Å². The minimum atomic E-state index is 0.504. The van der Waals surface area contributed by atoms with E-state index in [1.165, 1.54) is 30.3 Å². The molecule has 3 aromatic carbocycles. The fourth-order valence-electron chi connectivity index (χ4n) is 6.11. The van der Waals surface area contributed by atoms with Crippen LogP contribution in [0.5, 0.6) is 5.75 Å². The van der Waals surface area contributed by atoms with E-state index in [-0.39, 0.29) is 0 Å². The SMILES string of the molecule is CCOc1c(-c2n[nH]c3ccc(-c4nc(CC(C)C)n[nH]4)cc23)ccc2cc(N3C(C)CCCC3C)ccc12. The van der Waals surface area contributed by atoms with Gasteiger partial charge in [0.2, 0.25) is 0 Å². The highest BCUT2D eigenvalue weighted by atomic mass is 16.5. The van der Waals surface area contributed by atoms with Crippen LogP contribution in [0, 0.1) is 5.92 Å². The molecule has 0 spiro atoms. The normalized spacial score (nSPS) is 17.9. The van der Waals surface area contributed by atoms with Gasteiger partial charge in [-0.05, 0) is 93.8 Å². The van der Waals surface area contributed by atoms with Crippen molar-refractivity contribution in [1.82, 2.24) is 25.4 Å². The van der Waals surface area contributed by atoms with Crippen LogP contribution in [0.25, 0.3) is 44.3 Å². The quantitative estimate of drug-likeness (QED) is 0.231. The van der Waals surface area contributed by atoms with Gasteiger partial charge in [-0.2, -0.15) is 10.2 Å². The Morgan fingerprint density at radius 2 is 1.77 bits per heavy atom. The van der Waals surface area contributed by atoms with E-state index in [9.17, 15) is 0 Å². The first-order chi connectivity index (χ1) is 18.9. The van der Waals surface area contributed by atoms with Gasteiger partial charge >= 0.3 is 0 Å². The highest BCUT2D eigenvalue weighted by Gasteiger charge is 2.25. The smallest absolute Gasteiger partial charge is 0.155 e. The predicted octanol–water partition coefficient (Wildman–Crippen LogP) is 7.53. The van der Waals surface area contributed by atoms with Crippen molar-refractivity contribution in [1.29, 1.82) is 0 Å². The van der Waals surface area contributed by atoms with Gasteiger partial charge in [0.15, 0.2) is 11.6 Å². The maximum absolute atomic E-state index is 6.31. The third kappa shape index (κ3) is 4.75. The van der Waals surface area contributed by atoms with E-state index in [1.54, 1.807) is 0 Å². The average Bonchev–Trinajstić information content (AvgIpc) is 3.55. The van der Waals surface area contributed by atoms with Crippen molar-refractivity contribution in [3.63, 3.8) is 0 Å². The molecule has 0 radical (unpaired) electrons. The zero-order valence-corrected chi connectivity index (χ0v) is 23.6.